The molecule has 4 nitrogen and oxygen atoms in total. The quantitative estimate of drug-likeness (QED) is 0.737. The highest BCUT2D eigenvalue weighted by molar-refractivity contribution is 5.81. The Kier molecular flexibility index (Phi) is 3.22. The molecule has 1 aromatic carbocycles. The molecule has 1 aliphatic carbocycles. The standard InChI is InChI=1S/C18H17FN4/c1-11-7-13(8-17(21-11)12-3-4-12)15-6-5-14(19)9-16(15)18-22-20-10-23(18)2/h5-10,12H,3-4H2,1-2H3. The van der Waals surface area contributed by atoms with Gasteiger partial charge in [-0.3, -0.25) is 4.98 Å². The van der Waals surface area contributed by atoms with Crippen LogP contribution >= 0.6 is 0 Å². The fourth-order valence-corrected chi connectivity index (χ4v) is 2.92. The van der Waals surface area contributed by atoms with Crippen LogP contribution in [0.4, 0.5) is 4.39 Å². The molecular formula is C18H17FN4. The van der Waals surface area contributed by atoms with E-state index in [1.807, 2.05) is 26.1 Å². The summed E-state index contributed by atoms with van der Waals surface area (Å²) in [5.74, 6) is 0.953. The average molecular weight is 308 g/mol. The zero-order valence-electron chi connectivity index (χ0n) is 13.1. The molecule has 116 valence electrons. The molecule has 1 aliphatic rings. The normalized spacial score (nSPS) is 14.2. The van der Waals surface area contributed by atoms with Crippen molar-refractivity contribution in [3.8, 4) is 22.5 Å². The molecule has 0 atom stereocenters. The fraction of sp³-hybridized carbons (Fsp3) is 0.278. The zero-order chi connectivity index (χ0) is 16.0. The van der Waals surface area contributed by atoms with Gasteiger partial charge in [-0.2, -0.15) is 0 Å². The molecule has 5 heteroatoms. The molecule has 23 heavy (non-hydrogen) atoms. The van der Waals surface area contributed by atoms with Crippen molar-refractivity contribution in [1.82, 2.24) is 19.7 Å². The molecule has 2 aromatic heterocycles. The first-order valence-corrected chi connectivity index (χ1v) is 7.74. The molecule has 1 saturated carbocycles. The molecule has 0 spiro atoms. The summed E-state index contributed by atoms with van der Waals surface area (Å²) in [6, 6.07) is 8.98. The van der Waals surface area contributed by atoms with Crippen LogP contribution in [0.5, 0.6) is 0 Å². The van der Waals surface area contributed by atoms with Crippen LogP contribution in [0, 0.1) is 12.7 Å². The lowest BCUT2D eigenvalue weighted by molar-refractivity contribution is 0.628. The Morgan fingerprint density at radius 2 is 1.96 bits per heavy atom. The summed E-state index contributed by atoms with van der Waals surface area (Å²) in [6.07, 6.45) is 4.03. The van der Waals surface area contributed by atoms with Crippen molar-refractivity contribution in [1.29, 1.82) is 0 Å². The average Bonchev–Trinajstić information content (AvgIpc) is 3.28. The van der Waals surface area contributed by atoms with Gasteiger partial charge < -0.3 is 4.57 Å². The molecule has 0 saturated heterocycles. The first-order chi connectivity index (χ1) is 11.1. The van der Waals surface area contributed by atoms with E-state index in [9.17, 15) is 4.39 Å². The Balaban J connectivity index is 1.91. The maximum absolute atomic E-state index is 13.8. The van der Waals surface area contributed by atoms with E-state index in [0.29, 0.717) is 11.7 Å². The van der Waals surface area contributed by atoms with Gasteiger partial charge in [0.25, 0.3) is 0 Å². The number of benzene rings is 1. The van der Waals surface area contributed by atoms with Crippen LogP contribution in [-0.2, 0) is 7.05 Å². The van der Waals surface area contributed by atoms with Crippen LogP contribution in [-0.4, -0.2) is 19.7 Å². The number of hydrogen-bond acceptors (Lipinski definition) is 3. The molecular weight excluding hydrogens is 291 g/mol. The van der Waals surface area contributed by atoms with Crippen LogP contribution in [0.2, 0.25) is 0 Å². The zero-order valence-corrected chi connectivity index (χ0v) is 13.1. The highest BCUT2D eigenvalue weighted by Gasteiger charge is 2.26. The van der Waals surface area contributed by atoms with Crippen molar-refractivity contribution in [2.75, 3.05) is 0 Å². The van der Waals surface area contributed by atoms with Crippen LogP contribution in [0.1, 0.15) is 30.1 Å². The number of nitrogens with zero attached hydrogens (tertiary/aromatic N) is 4. The molecule has 3 aromatic rings. The van der Waals surface area contributed by atoms with Gasteiger partial charge in [0.1, 0.15) is 12.1 Å². The monoisotopic (exact) mass is 308 g/mol. The van der Waals surface area contributed by atoms with Crippen LogP contribution < -0.4 is 0 Å². The van der Waals surface area contributed by atoms with E-state index >= 15 is 0 Å². The Hall–Kier alpha value is -2.56. The highest BCUT2D eigenvalue weighted by atomic mass is 19.1. The summed E-state index contributed by atoms with van der Waals surface area (Å²) < 4.78 is 15.6. The van der Waals surface area contributed by atoms with Crippen LogP contribution in [0.3, 0.4) is 0 Å². The first kappa shape index (κ1) is 14.1. The number of halogens is 1. The minimum Gasteiger partial charge on any atom is -0.317 e. The van der Waals surface area contributed by atoms with E-state index in [1.54, 1.807) is 10.9 Å². The second kappa shape index (κ2) is 5.26. The molecule has 0 aliphatic heterocycles. The van der Waals surface area contributed by atoms with E-state index < -0.39 is 0 Å². The van der Waals surface area contributed by atoms with Gasteiger partial charge in [0.05, 0.1) is 0 Å². The lowest BCUT2D eigenvalue weighted by Crippen LogP contribution is -1.97. The third-order valence-electron chi connectivity index (χ3n) is 4.21. The summed E-state index contributed by atoms with van der Waals surface area (Å²) >= 11 is 0. The smallest absolute Gasteiger partial charge is 0.164 e. The molecule has 1 fully saturated rings. The summed E-state index contributed by atoms with van der Waals surface area (Å²) in [7, 11) is 1.86. The number of hydrogen-bond donors (Lipinski definition) is 0. The molecule has 4 rings (SSSR count). The van der Waals surface area contributed by atoms with E-state index in [-0.39, 0.29) is 5.82 Å². The van der Waals surface area contributed by atoms with E-state index in [0.717, 1.165) is 28.1 Å². The van der Waals surface area contributed by atoms with Gasteiger partial charge in [-0.25, -0.2) is 4.39 Å². The maximum atomic E-state index is 13.8. The second-order valence-corrected chi connectivity index (χ2v) is 6.15. The summed E-state index contributed by atoms with van der Waals surface area (Å²) in [6.45, 7) is 2.00. The van der Waals surface area contributed by atoms with Crippen molar-refractivity contribution in [3.05, 3.63) is 53.9 Å². The van der Waals surface area contributed by atoms with Gasteiger partial charge in [-0.1, -0.05) is 6.07 Å². The number of aromatic nitrogens is 4. The molecule has 0 amide bonds. The van der Waals surface area contributed by atoms with Gasteiger partial charge in [0.2, 0.25) is 0 Å². The predicted octanol–water partition coefficient (Wildman–Crippen LogP) is 3.87. The Morgan fingerprint density at radius 3 is 2.65 bits per heavy atom. The predicted molar refractivity (Wildman–Crippen MR) is 86.3 cm³/mol. The fourth-order valence-electron chi connectivity index (χ4n) is 2.92. The molecule has 0 N–H and O–H groups in total. The highest BCUT2D eigenvalue weighted by Crippen LogP contribution is 2.41. The van der Waals surface area contributed by atoms with E-state index in [1.165, 1.54) is 25.0 Å². The number of pyridine rings is 1. The van der Waals surface area contributed by atoms with Gasteiger partial charge in [0.15, 0.2) is 5.82 Å². The summed E-state index contributed by atoms with van der Waals surface area (Å²) in [5.41, 5.74) is 4.87. The number of aryl methyl sites for hydroxylation is 2. The topological polar surface area (TPSA) is 43.6 Å². The largest absolute Gasteiger partial charge is 0.317 e. The number of rotatable bonds is 3. The third-order valence-corrected chi connectivity index (χ3v) is 4.21. The van der Waals surface area contributed by atoms with Gasteiger partial charge in [0, 0.05) is 29.9 Å². The third kappa shape index (κ3) is 2.63. The molecule has 0 unspecified atom stereocenters. The molecule has 2 heterocycles. The Labute approximate surface area is 134 Å². The van der Waals surface area contributed by atoms with Gasteiger partial charge in [-0.05, 0) is 55.2 Å². The Morgan fingerprint density at radius 1 is 1.13 bits per heavy atom. The second-order valence-electron chi connectivity index (χ2n) is 6.15. The van der Waals surface area contributed by atoms with E-state index in [4.69, 9.17) is 0 Å². The lowest BCUT2D eigenvalue weighted by atomic mass is 9.97. The maximum Gasteiger partial charge on any atom is 0.164 e. The van der Waals surface area contributed by atoms with Crippen molar-refractivity contribution in [3.63, 3.8) is 0 Å². The van der Waals surface area contributed by atoms with Crippen LogP contribution in [0.25, 0.3) is 22.5 Å². The van der Waals surface area contributed by atoms with Crippen molar-refractivity contribution in [2.45, 2.75) is 25.7 Å². The summed E-state index contributed by atoms with van der Waals surface area (Å²) in [5, 5.41) is 8.05. The SMILES string of the molecule is Cc1cc(-c2ccc(F)cc2-c2nncn2C)cc(C2CC2)n1. The van der Waals surface area contributed by atoms with Crippen molar-refractivity contribution < 1.29 is 4.39 Å². The van der Waals surface area contributed by atoms with Gasteiger partial charge >= 0.3 is 0 Å². The van der Waals surface area contributed by atoms with Crippen molar-refractivity contribution in [2.24, 2.45) is 7.05 Å². The molecule has 0 bridgehead atoms. The minimum atomic E-state index is -0.278. The summed E-state index contributed by atoms with van der Waals surface area (Å²) in [4.78, 5) is 4.64. The van der Waals surface area contributed by atoms with Crippen molar-refractivity contribution >= 4 is 0 Å². The lowest BCUT2D eigenvalue weighted by Gasteiger charge is -2.11. The van der Waals surface area contributed by atoms with E-state index in [2.05, 4.69) is 21.2 Å². The Bertz CT molecular complexity index is 880. The van der Waals surface area contributed by atoms with Gasteiger partial charge in [-0.15, -0.1) is 10.2 Å². The molecule has 0 radical (unpaired) electrons. The van der Waals surface area contributed by atoms with Crippen LogP contribution in [0.15, 0.2) is 36.7 Å². The minimum absolute atomic E-state index is 0.278. The first-order valence-electron chi connectivity index (χ1n) is 7.74.